The van der Waals surface area contributed by atoms with Gasteiger partial charge in [-0.15, -0.1) is 0 Å². The Morgan fingerprint density at radius 2 is 1.76 bits per heavy atom. The van der Waals surface area contributed by atoms with Crippen LogP contribution in [-0.2, 0) is 10.0 Å². The number of anilines is 2. The molecule has 21 heavy (non-hydrogen) atoms. The Hall–Kier alpha value is -2.41. The van der Waals surface area contributed by atoms with Gasteiger partial charge in [0.15, 0.2) is 0 Å². The van der Waals surface area contributed by atoms with E-state index in [1.165, 1.54) is 26.4 Å². The Morgan fingerprint density at radius 3 is 2.43 bits per heavy atom. The first kappa shape index (κ1) is 15.0. The number of nitrogen functional groups attached to an aromatic ring is 1. The lowest BCUT2D eigenvalue weighted by molar-refractivity contribution is 0.413. The smallest absolute Gasteiger partial charge is 0.264 e. The van der Waals surface area contributed by atoms with Crippen molar-refractivity contribution in [1.82, 2.24) is 0 Å². The number of hydrogen-bond acceptors (Lipinski definition) is 5. The van der Waals surface area contributed by atoms with Crippen LogP contribution in [0.4, 0.5) is 11.4 Å². The third kappa shape index (κ3) is 3.19. The monoisotopic (exact) mass is 308 g/mol. The first-order valence-corrected chi connectivity index (χ1v) is 7.55. The van der Waals surface area contributed by atoms with E-state index in [0.29, 0.717) is 17.2 Å². The van der Waals surface area contributed by atoms with Gasteiger partial charge >= 0.3 is 0 Å². The van der Waals surface area contributed by atoms with Gasteiger partial charge in [0.05, 0.1) is 25.6 Å². The first-order valence-electron chi connectivity index (χ1n) is 6.07. The van der Waals surface area contributed by atoms with E-state index < -0.39 is 10.0 Å². The maximum Gasteiger partial charge on any atom is 0.264 e. The Balaban J connectivity index is 2.43. The summed E-state index contributed by atoms with van der Waals surface area (Å²) in [6, 6.07) is 11.2. The maximum atomic E-state index is 12.5. The second-order valence-corrected chi connectivity index (χ2v) is 5.86. The topological polar surface area (TPSA) is 90.7 Å². The van der Waals surface area contributed by atoms with E-state index in [1.54, 1.807) is 30.3 Å². The molecule has 7 heteroatoms. The maximum absolute atomic E-state index is 12.5. The molecule has 0 amide bonds. The molecule has 0 radical (unpaired) electrons. The molecule has 0 saturated carbocycles. The highest BCUT2D eigenvalue weighted by Gasteiger charge is 2.20. The first-order chi connectivity index (χ1) is 9.97. The Labute approximate surface area is 123 Å². The van der Waals surface area contributed by atoms with E-state index in [-0.39, 0.29) is 10.6 Å². The zero-order valence-corrected chi connectivity index (χ0v) is 12.5. The minimum atomic E-state index is -3.84. The normalized spacial score (nSPS) is 11.0. The molecule has 2 aromatic rings. The highest BCUT2D eigenvalue weighted by Crippen LogP contribution is 2.29. The van der Waals surface area contributed by atoms with Crippen molar-refractivity contribution in [1.29, 1.82) is 0 Å². The number of hydrogen-bond donors (Lipinski definition) is 2. The molecule has 0 saturated heterocycles. The molecule has 0 aliphatic carbocycles. The van der Waals surface area contributed by atoms with Crippen LogP contribution in [0.25, 0.3) is 0 Å². The summed E-state index contributed by atoms with van der Waals surface area (Å²) in [5.41, 5.74) is 6.22. The molecule has 0 atom stereocenters. The summed E-state index contributed by atoms with van der Waals surface area (Å²) < 4.78 is 37.5. The van der Waals surface area contributed by atoms with Crippen molar-refractivity contribution in [2.75, 3.05) is 24.7 Å². The fourth-order valence-corrected chi connectivity index (χ4v) is 3.02. The molecule has 0 aliphatic rings. The molecule has 6 nitrogen and oxygen atoms in total. The molecule has 0 spiro atoms. The van der Waals surface area contributed by atoms with Crippen LogP contribution in [-0.4, -0.2) is 22.6 Å². The van der Waals surface area contributed by atoms with Gasteiger partial charge in [0.25, 0.3) is 10.0 Å². The Bertz CT molecular complexity index is 744. The number of nitrogens with two attached hydrogens (primary N) is 1. The Kier molecular flexibility index (Phi) is 4.23. The summed E-state index contributed by atoms with van der Waals surface area (Å²) in [4.78, 5) is -0.0484. The molecule has 0 heterocycles. The molecule has 2 aromatic carbocycles. The highest BCUT2D eigenvalue weighted by molar-refractivity contribution is 7.92. The van der Waals surface area contributed by atoms with E-state index in [2.05, 4.69) is 4.72 Å². The lowest BCUT2D eigenvalue weighted by atomic mass is 10.3. The summed E-state index contributed by atoms with van der Waals surface area (Å²) in [5, 5.41) is 0. The van der Waals surface area contributed by atoms with Crippen LogP contribution in [0.5, 0.6) is 11.5 Å². The fourth-order valence-electron chi connectivity index (χ4n) is 1.80. The minimum absolute atomic E-state index is 0.0484. The van der Waals surface area contributed by atoms with Gasteiger partial charge in [-0.2, -0.15) is 0 Å². The van der Waals surface area contributed by atoms with Gasteiger partial charge in [0, 0.05) is 6.07 Å². The molecule has 0 fully saturated rings. The predicted molar refractivity (Wildman–Crippen MR) is 81.2 cm³/mol. The second-order valence-electron chi connectivity index (χ2n) is 4.21. The van der Waals surface area contributed by atoms with Crippen molar-refractivity contribution in [3.63, 3.8) is 0 Å². The molecule has 3 N–H and O–H groups in total. The van der Waals surface area contributed by atoms with Crippen LogP contribution in [0.1, 0.15) is 0 Å². The Morgan fingerprint density at radius 1 is 1.05 bits per heavy atom. The van der Waals surface area contributed by atoms with Crippen molar-refractivity contribution in [3.8, 4) is 11.5 Å². The van der Waals surface area contributed by atoms with Gasteiger partial charge in [0.2, 0.25) is 0 Å². The van der Waals surface area contributed by atoms with Crippen molar-refractivity contribution in [2.24, 2.45) is 0 Å². The summed E-state index contributed by atoms with van der Waals surface area (Å²) in [5.74, 6) is 0.826. The third-order valence-electron chi connectivity index (χ3n) is 2.86. The average molecular weight is 308 g/mol. The van der Waals surface area contributed by atoms with Crippen molar-refractivity contribution < 1.29 is 17.9 Å². The minimum Gasteiger partial charge on any atom is -0.497 e. The molecule has 112 valence electrons. The van der Waals surface area contributed by atoms with E-state index in [4.69, 9.17) is 15.2 Å². The van der Waals surface area contributed by atoms with Crippen LogP contribution >= 0.6 is 0 Å². The number of sulfonamides is 1. The second kappa shape index (κ2) is 5.92. The van der Waals surface area contributed by atoms with Crippen LogP contribution in [0.15, 0.2) is 47.4 Å². The summed E-state index contributed by atoms with van der Waals surface area (Å²) >= 11 is 0. The van der Waals surface area contributed by atoms with Gasteiger partial charge in [-0.1, -0.05) is 12.1 Å². The third-order valence-corrected chi connectivity index (χ3v) is 4.28. The SMILES string of the molecule is COc1ccc(N)c(S(=O)(=O)Nc2ccccc2OC)c1. The number of rotatable bonds is 5. The van der Waals surface area contributed by atoms with Crippen molar-refractivity contribution >= 4 is 21.4 Å². The number of para-hydroxylation sites is 2. The number of nitrogens with one attached hydrogen (secondary N) is 1. The predicted octanol–water partition coefficient (Wildman–Crippen LogP) is 2.09. The standard InChI is InChI=1S/C14H16N2O4S/c1-19-10-7-8-11(15)14(9-10)21(17,18)16-12-5-3-4-6-13(12)20-2/h3-9,16H,15H2,1-2H3. The van der Waals surface area contributed by atoms with E-state index in [9.17, 15) is 8.42 Å². The zero-order valence-electron chi connectivity index (χ0n) is 11.7. The molecule has 2 rings (SSSR count). The summed E-state index contributed by atoms with van der Waals surface area (Å²) in [6.45, 7) is 0. The van der Waals surface area contributed by atoms with Crippen molar-refractivity contribution in [3.05, 3.63) is 42.5 Å². The summed E-state index contributed by atoms with van der Waals surface area (Å²) in [6.07, 6.45) is 0. The molecular weight excluding hydrogens is 292 g/mol. The van der Waals surface area contributed by atoms with E-state index in [0.717, 1.165) is 0 Å². The molecule has 0 unspecified atom stereocenters. The number of ether oxygens (including phenoxy) is 2. The lowest BCUT2D eigenvalue weighted by Gasteiger charge is -2.13. The lowest BCUT2D eigenvalue weighted by Crippen LogP contribution is -2.15. The quantitative estimate of drug-likeness (QED) is 0.825. The van der Waals surface area contributed by atoms with E-state index >= 15 is 0 Å². The van der Waals surface area contributed by atoms with Crippen LogP contribution < -0.4 is 19.9 Å². The van der Waals surface area contributed by atoms with E-state index in [1.807, 2.05) is 0 Å². The van der Waals surface area contributed by atoms with Crippen LogP contribution in [0.2, 0.25) is 0 Å². The fraction of sp³-hybridized carbons (Fsp3) is 0.143. The average Bonchev–Trinajstić information content (AvgIpc) is 2.47. The molecule has 0 aromatic heterocycles. The number of benzene rings is 2. The van der Waals surface area contributed by atoms with Gasteiger partial charge < -0.3 is 15.2 Å². The zero-order chi connectivity index (χ0) is 15.5. The van der Waals surface area contributed by atoms with Gasteiger partial charge in [0.1, 0.15) is 16.4 Å². The van der Waals surface area contributed by atoms with Gasteiger partial charge in [-0.05, 0) is 24.3 Å². The van der Waals surface area contributed by atoms with Gasteiger partial charge in [-0.25, -0.2) is 8.42 Å². The van der Waals surface area contributed by atoms with Crippen LogP contribution in [0.3, 0.4) is 0 Å². The highest BCUT2D eigenvalue weighted by atomic mass is 32.2. The van der Waals surface area contributed by atoms with Crippen LogP contribution in [0, 0.1) is 0 Å². The summed E-state index contributed by atoms with van der Waals surface area (Å²) in [7, 11) is -0.925. The number of methoxy groups -OCH3 is 2. The van der Waals surface area contributed by atoms with Crippen molar-refractivity contribution in [2.45, 2.75) is 4.90 Å². The molecule has 0 bridgehead atoms. The molecule has 0 aliphatic heterocycles. The largest absolute Gasteiger partial charge is 0.497 e. The molecular formula is C14H16N2O4S. The van der Waals surface area contributed by atoms with Gasteiger partial charge in [-0.3, -0.25) is 4.72 Å².